The Morgan fingerprint density at radius 1 is 1.08 bits per heavy atom. The highest BCUT2D eigenvalue weighted by Crippen LogP contribution is 2.08. The summed E-state index contributed by atoms with van der Waals surface area (Å²) in [5.74, 6) is -0.0895. The highest BCUT2D eigenvalue weighted by atomic mass is 32.2. The lowest BCUT2D eigenvalue weighted by atomic mass is 10.1. The fraction of sp³-hybridized carbons (Fsp3) is 0.211. The predicted octanol–water partition coefficient (Wildman–Crippen LogP) is 3.55. The molecule has 126 valence electrons. The summed E-state index contributed by atoms with van der Waals surface area (Å²) in [6.45, 7) is 3.65. The van der Waals surface area contributed by atoms with Crippen molar-refractivity contribution in [3.8, 4) is 0 Å². The van der Waals surface area contributed by atoms with Gasteiger partial charge in [-0.05, 0) is 25.5 Å². The molecule has 0 saturated carbocycles. The highest BCUT2D eigenvalue weighted by Gasteiger charge is 2.15. The van der Waals surface area contributed by atoms with Crippen LogP contribution in [0.5, 0.6) is 0 Å². The van der Waals surface area contributed by atoms with E-state index in [0.717, 1.165) is 16.5 Å². The first-order chi connectivity index (χ1) is 11.4. The number of carbonyl (C=O) groups is 1. The molecule has 0 radical (unpaired) electrons. The van der Waals surface area contributed by atoms with Gasteiger partial charge in [0.2, 0.25) is 10.0 Å². The number of carbonyl (C=O) groups excluding carboxylic acids is 1. The SMILES string of the molecule is Cc1ccc(C=CS(=O)(=O)NC(C)CC(=O)c2ccccc2)cc1. The van der Waals surface area contributed by atoms with E-state index in [1.54, 1.807) is 31.2 Å². The van der Waals surface area contributed by atoms with Crippen LogP contribution in [-0.4, -0.2) is 20.2 Å². The molecule has 5 heteroatoms. The molecular formula is C19H21NO3S. The molecule has 0 spiro atoms. The Labute approximate surface area is 143 Å². The number of rotatable bonds is 7. The Hall–Kier alpha value is -2.24. The van der Waals surface area contributed by atoms with E-state index in [9.17, 15) is 13.2 Å². The molecule has 0 aliphatic carbocycles. The Morgan fingerprint density at radius 3 is 2.33 bits per heavy atom. The van der Waals surface area contributed by atoms with Gasteiger partial charge in [0.1, 0.15) is 0 Å². The van der Waals surface area contributed by atoms with Crippen LogP contribution in [0.15, 0.2) is 60.0 Å². The van der Waals surface area contributed by atoms with Crippen LogP contribution in [-0.2, 0) is 10.0 Å². The lowest BCUT2D eigenvalue weighted by Crippen LogP contribution is -2.32. The zero-order chi connectivity index (χ0) is 17.6. The minimum absolute atomic E-state index is 0.0895. The lowest BCUT2D eigenvalue weighted by Gasteiger charge is -2.11. The van der Waals surface area contributed by atoms with Crippen LogP contribution in [0.2, 0.25) is 0 Å². The number of sulfonamides is 1. The molecular weight excluding hydrogens is 322 g/mol. The van der Waals surface area contributed by atoms with Crippen molar-refractivity contribution < 1.29 is 13.2 Å². The molecule has 2 aromatic carbocycles. The summed E-state index contributed by atoms with van der Waals surface area (Å²) in [5.41, 5.74) is 2.50. The average molecular weight is 343 g/mol. The molecule has 1 atom stereocenters. The Morgan fingerprint density at radius 2 is 1.71 bits per heavy atom. The van der Waals surface area contributed by atoms with Crippen molar-refractivity contribution in [2.45, 2.75) is 26.3 Å². The van der Waals surface area contributed by atoms with Crippen molar-refractivity contribution in [1.82, 2.24) is 4.72 Å². The van der Waals surface area contributed by atoms with Crippen molar-refractivity contribution in [3.05, 3.63) is 76.7 Å². The van der Waals surface area contributed by atoms with Crippen LogP contribution in [0.4, 0.5) is 0 Å². The van der Waals surface area contributed by atoms with Gasteiger partial charge in [0.05, 0.1) is 0 Å². The van der Waals surface area contributed by atoms with Crippen molar-refractivity contribution in [2.75, 3.05) is 0 Å². The van der Waals surface area contributed by atoms with Gasteiger partial charge >= 0.3 is 0 Å². The van der Waals surface area contributed by atoms with Gasteiger partial charge in [-0.1, -0.05) is 60.2 Å². The quantitative estimate of drug-likeness (QED) is 0.782. The third-order valence-electron chi connectivity index (χ3n) is 3.47. The number of hydrogen-bond acceptors (Lipinski definition) is 3. The fourth-order valence-corrected chi connectivity index (χ4v) is 3.29. The van der Waals surface area contributed by atoms with E-state index in [2.05, 4.69) is 4.72 Å². The second-order valence-electron chi connectivity index (χ2n) is 5.77. The van der Waals surface area contributed by atoms with Gasteiger partial charge in [-0.3, -0.25) is 4.79 Å². The summed E-state index contributed by atoms with van der Waals surface area (Å²) in [4.78, 5) is 12.1. The van der Waals surface area contributed by atoms with Crippen LogP contribution in [0, 0.1) is 6.92 Å². The minimum atomic E-state index is -3.60. The molecule has 2 rings (SSSR count). The number of aryl methyl sites for hydroxylation is 1. The molecule has 0 heterocycles. The molecule has 0 saturated heterocycles. The molecule has 0 bridgehead atoms. The smallest absolute Gasteiger partial charge is 0.233 e. The molecule has 0 aliphatic heterocycles. The second kappa shape index (κ2) is 8.04. The number of hydrogen-bond donors (Lipinski definition) is 1. The Bertz CT molecular complexity index is 809. The summed E-state index contributed by atoms with van der Waals surface area (Å²) < 4.78 is 26.7. The van der Waals surface area contributed by atoms with E-state index < -0.39 is 16.1 Å². The molecule has 0 aliphatic rings. The van der Waals surface area contributed by atoms with Gasteiger partial charge in [-0.15, -0.1) is 0 Å². The van der Waals surface area contributed by atoms with Gasteiger partial charge in [-0.2, -0.15) is 0 Å². The molecule has 0 amide bonds. The van der Waals surface area contributed by atoms with Crippen LogP contribution in [0.3, 0.4) is 0 Å². The third kappa shape index (κ3) is 5.76. The van der Waals surface area contributed by atoms with Gasteiger partial charge < -0.3 is 0 Å². The molecule has 2 aromatic rings. The van der Waals surface area contributed by atoms with E-state index in [4.69, 9.17) is 0 Å². The first-order valence-electron chi connectivity index (χ1n) is 7.71. The summed E-state index contributed by atoms with van der Waals surface area (Å²) in [7, 11) is -3.60. The minimum Gasteiger partial charge on any atom is -0.294 e. The van der Waals surface area contributed by atoms with Crippen molar-refractivity contribution in [1.29, 1.82) is 0 Å². The maximum absolute atomic E-state index is 12.1. The monoisotopic (exact) mass is 343 g/mol. The maximum atomic E-state index is 12.1. The van der Waals surface area contributed by atoms with Crippen LogP contribution in [0.1, 0.15) is 34.8 Å². The normalized spacial score (nSPS) is 13.1. The van der Waals surface area contributed by atoms with E-state index >= 15 is 0 Å². The zero-order valence-electron chi connectivity index (χ0n) is 13.8. The molecule has 24 heavy (non-hydrogen) atoms. The van der Waals surface area contributed by atoms with Crippen LogP contribution >= 0.6 is 0 Å². The number of benzene rings is 2. The van der Waals surface area contributed by atoms with E-state index in [1.165, 1.54) is 6.08 Å². The molecule has 4 nitrogen and oxygen atoms in total. The molecule has 0 fully saturated rings. The summed E-state index contributed by atoms with van der Waals surface area (Å²) >= 11 is 0. The van der Waals surface area contributed by atoms with Crippen molar-refractivity contribution >= 4 is 21.9 Å². The highest BCUT2D eigenvalue weighted by molar-refractivity contribution is 7.92. The molecule has 1 unspecified atom stereocenters. The standard InChI is InChI=1S/C19H21NO3S/c1-15-8-10-17(11-9-15)12-13-24(22,23)20-16(2)14-19(21)18-6-4-3-5-7-18/h3-13,16,20H,14H2,1-2H3. The van der Waals surface area contributed by atoms with Crippen molar-refractivity contribution in [3.63, 3.8) is 0 Å². The summed E-state index contributed by atoms with van der Waals surface area (Å²) in [5, 5.41) is 1.13. The lowest BCUT2D eigenvalue weighted by molar-refractivity contribution is 0.0975. The van der Waals surface area contributed by atoms with Crippen LogP contribution in [0.25, 0.3) is 6.08 Å². The number of Topliss-reactive ketones (excluding diaryl/α,β-unsaturated/α-hetero) is 1. The summed E-state index contributed by atoms with van der Waals surface area (Å²) in [6, 6.07) is 15.9. The maximum Gasteiger partial charge on any atom is 0.233 e. The van der Waals surface area contributed by atoms with Crippen LogP contribution < -0.4 is 4.72 Å². The second-order valence-corrected chi connectivity index (χ2v) is 7.37. The number of nitrogens with one attached hydrogen (secondary N) is 1. The zero-order valence-corrected chi connectivity index (χ0v) is 14.6. The average Bonchev–Trinajstić information content (AvgIpc) is 2.54. The largest absolute Gasteiger partial charge is 0.294 e. The number of ketones is 1. The van der Waals surface area contributed by atoms with Gasteiger partial charge in [0.15, 0.2) is 5.78 Å². The van der Waals surface area contributed by atoms with Gasteiger partial charge in [0, 0.05) is 23.4 Å². The molecule has 0 aromatic heterocycles. The Balaban J connectivity index is 1.95. The fourth-order valence-electron chi connectivity index (χ4n) is 2.23. The topological polar surface area (TPSA) is 63.2 Å². The Kier molecular flexibility index (Phi) is 6.06. The third-order valence-corrected chi connectivity index (χ3v) is 4.70. The first kappa shape index (κ1) is 18.1. The van der Waals surface area contributed by atoms with E-state index in [-0.39, 0.29) is 12.2 Å². The first-order valence-corrected chi connectivity index (χ1v) is 9.26. The molecule has 1 N–H and O–H groups in total. The predicted molar refractivity (Wildman–Crippen MR) is 97.1 cm³/mol. The van der Waals surface area contributed by atoms with Gasteiger partial charge in [-0.25, -0.2) is 13.1 Å². The summed E-state index contributed by atoms with van der Waals surface area (Å²) in [6.07, 6.45) is 1.65. The van der Waals surface area contributed by atoms with Gasteiger partial charge in [0.25, 0.3) is 0 Å². The van der Waals surface area contributed by atoms with Crippen molar-refractivity contribution in [2.24, 2.45) is 0 Å². The van der Waals surface area contributed by atoms with E-state index in [1.807, 2.05) is 37.3 Å². The van der Waals surface area contributed by atoms with E-state index in [0.29, 0.717) is 5.56 Å².